The van der Waals surface area contributed by atoms with Crippen molar-refractivity contribution >= 4 is 17.6 Å². The van der Waals surface area contributed by atoms with Crippen LogP contribution in [0.1, 0.15) is 15.9 Å². The van der Waals surface area contributed by atoms with Gasteiger partial charge in [0.15, 0.2) is 6.10 Å². The number of carbonyl (C=O) groups excluding carboxylic acids is 2. The highest BCUT2D eigenvalue weighted by Crippen LogP contribution is 2.22. The van der Waals surface area contributed by atoms with E-state index >= 15 is 0 Å². The largest absolute Gasteiger partial charge is 0.448 e. The van der Waals surface area contributed by atoms with Gasteiger partial charge in [0.25, 0.3) is 5.91 Å². The Hall–Kier alpha value is -2.76. The number of hydrogen-bond donors (Lipinski definition) is 1. The van der Waals surface area contributed by atoms with Gasteiger partial charge in [0, 0.05) is 12.5 Å². The van der Waals surface area contributed by atoms with Crippen LogP contribution < -0.4 is 5.32 Å². The van der Waals surface area contributed by atoms with Gasteiger partial charge < -0.3 is 10.1 Å². The summed E-state index contributed by atoms with van der Waals surface area (Å²) in [4.78, 5) is 23.9. The number of hydrogen-bond acceptors (Lipinski definition) is 3. The summed E-state index contributed by atoms with van der Waals surface area (Å²) in [5.41, 5.74) is 0.944. The SMILES string of the molecule is O=C1OC(C(=O)Nc2ccc(F)cc2F)Cc2ccccc21. The van der Waals surface area contributed by atoms with E-state index in [0.29, 0.717) is 17.2 Å². The number of ether oxygens (including phenoxy) is 1. The van der Waals surface area contributed by atoms with E-state index in [4.69, 9.17) is 4.74 Å². The number of rotatable bonds is 2. The molecule has 2 aromatic carbocycles. The van der Waals surface area contributed by atoms with Gasteiger partial charge in [-0.25, -0.2) is 13.6 Å². The molecule has 0 spiro atoms. The Bertz CT molecular complexity index is 761. The van der Waals surface area contributed by atoms with Crippen LogP contribution in [0.5, 0.6) is 0 Å². The van der Waals surface area contributed by atoms with Gasteiger partial charge in [-0.3, -0.25) is 4.79 Å². The van der Waals surface area contributed by atoms with E-state index in [2.05, 4.69) is 5.32 Å². The number of carbonyl (C=O) groups is 2. The molecule has 6 heteroatoms. The number of cyclic esters (lactones) is 1. The molecule has 4 nitrogen and oxygen atoms in total. The second kappa shape index (κ2) is 5.55. The monoisotopic (exact) mass is 303 g/mol. The highest BCUT2D eigenvalue weighted by molar-refractivity contribution is 6.00. The van der Waals surface area contributed by atoms with E-state index in [0.717, 1.165) is 12.1 Å². The summed E-state index contributed by atoms with van der Waals surface area (Å²) < 4.78 is 31.4. The molecule has 22 heavy (non-hydrogen) atoms. The molecule has 0 aromatic heterocycles. The Morgan fingerprint density at radius 2 is 1.95 bits per heavy atom. The molecule has 3 rings (SSSR count). The van der Waals surface area contributed by atoms with Gasteiger partial charge in [0.05, 0.1) is 11.3 Å². The van der Waals surface area contributed by atoms with Gasteiger partial charge in [-0.05, 0) is 23.8 Å². The first-order valence-corrected chi connectivity index (χ1v) is 6.59. The van der Waals surface area contributed by atoms with E-state index in [1.54, 1.807) is 24.3 Å². The maximum Gasteiger partial charge on any atom is 0.339 e. The molecule has 1 aliphatic rings. The fraction of sp³-hybridized carbons (Fsp3) is 0.125. The van der Waals surface area contributed by atoms with Gasteiger partial charge >= 0.3 is 5.97 Å². The summed E-state index contributed by atoms with van der Waals surface area (Å²) in [6, 6.07) is 9.61. The third kappa shape index (κ3) is 2.67. The lowest BCUT2D eigenvalue weighted by Gasteiger charge is -2.23. The van der Waals surface area contributed by atoms with Gasteiger partial charge in [-0.2, -0.15) is 0 Å². The van der Waals surface area contributed by atoms with Gasteiger partial charge in [-0.1, -0.05) is 18.2 Å². The first-order chi connectivity index (χ1) is 10.5. The molecule has 1 heterocycles. The van der Waals surface area contributed by atoms with Gasteiger partial charge in [0.1, 0.15) is 11.6 Å². The van der Waals surface area contributed by atoms with E-state index in [1.165, 1.54) is 0 Å². The molecule has 0 saturated carbocycles. The average Bonchev–Trinajstić information content (AvgIpc) is 2.50. The molecule has 0 aliphatic carbocycles. The highest BCUT2D eigenvalue weighted by atomic mass is 19.1. The van der Waals surface area contributed by atoms with Gasteiger partial charge in [0.2, 0.25) is 0 Å². The van der Waals surface area contributed by atoms with Crippen LogP contribution >= 0.6 is 0 Å². The zero-order valence-corrected chi connectivity index (χ0v) is 11.3. The average molecular weight is 303 g/mol. The number of halogens is 2. The molecule has 0 radical (unpaired) electrons. The zero-order chi connectivity index (χ0) is 15.7. The van der Waals surface area contributed by atoms with E-state index < -0.39 is 29.6 Å². The molecule has 1 unspecified atom stereocenters. The first-order valence-electron chi connectivity index (χ1n) is 6.59. The summed E-state index contributed by atoms with van der Waals surface area (Å²) in [7, 11) is 0. The number of anilines is 1. The maximum atomic E-state index is 13.5. The summed E-state index contributed by atoms with van der Waals surface area (Å²) >= 11 is 0. The predicted octanol–water partition coefficient (Wildman–Crippen LogP) is 2.69. The third-order valence-electron chi connectivity index (χ3n) is 3.37. The van der Waals surface area contributed by atoms with E-state index in [-0.39, 0.29) is 12.1 Å². The van der Waals surface area contributed by atoms with Crippen molar-refractivity contribution in [2.45, 2.75) is 12.5 Å². The molecule has 0 fully saturated rings. The Kier molecular flexibility index (Phi) is 3.58. The van der Waals surface area contributed by atoms with Crippen molar-refractivity contribution in [3.63, 3.8) is 0 Å². The third-order valence-corrected chi connectivity index (χ3v) is 3.37. The van der Waals surface area contributed by atoms with Gasteiger partial charge in [-0.15, -0.1) is 0 Å². The minimum Gasteiger partial charge on any atom is -0.448 e. The quantitative estimate of drug-likeness (QED) is 0.868. The fourth-order valence-corrected chi connectivity index (χ4v) is 2.28. The molecule has 1 N–H and O–H groups in total. The van der Waals surface area contributed by atoms with Crippen molar-refractivity contribution in [3.05, 3.63) is 65.2 Å². The van der Waals surface area contributed by atoms with Crippen LogP contribution in [0.3, 0.4) is 0 Å². The summed E-state index contributed by atoms with van der Waals surface area (Å²) in [5.74, 6) is -2.89. The topological polar surface area (TPSA) is 55.4 Å². The number of nitrogens with one attached hydrogen (secondary N) is 1. The molecule has 0 saturated heterocycles. The molecule has 1 amide bonds. The normalized spacial score (nSPS) is 16.6. The van der Waals surface area contributed by atoms with Crippen molar-refractivity contribution < 1.29 is 23.1 Å². The predicted molar refractivity (Wildman–Crippen MR) is 74.3 cm³/mol. The number of benzene rings is 2. The van der Waals surface area contributed by atoms with Crippen molar-refractivity contribution in [2.24, 2.45) is 0 Å². The highest BCUT2D eigenvalue weighted by Gasteiger charge is 2.31. The lowest BCUT2D eigenvalue weighted by molar-refractivity contribution is -0.125. The zero-order valence-electron chi connectivity index (χ0n) is 11.3. The number of fused-ring (bicyclic) bond motifs is 1. The molecular formula is C16H11F2NO3. The van der Waals surface area contributed by atoms with E-state index in [9.17, 15) is 18.4 Å². The smallest absolute Gasteiger partial charge is 0.339 e. The van der Waals surface area contributed by atoms with Crippen molar-refractivity contribution in [1.82, 2.24) is 0 Å². The Morgan fingerprint density at radius 3 is 2.73 bits per heavy atom. The van der Waals surface area contributed by atoms with Crippen LogP contribution in [0, 0.1) is 11.6 Å². The maximum absolute atomic E-state index is 13.5. The second-order valence-electron chi connectivity index (χ2n) is 4.87. The van der Waals surface area contributed by atoms with Crippen LogP contribution in [0.2, 0.25) is 0 Å². The molecule has 112 valence electrons. The Balaban J connectivity index is 1.78. The summed E-state index contributed by atoms with van der Waals surface area (Å²) in [5, 5.41) is 2.30. The minimum atomic E-state index is -1.05. The molecular weight excluding hydrogens is 292 g/mol. The lowest BCUT2D eigenvalue weighted by atomic mass is 9.98. The summed E-state index contributed by atoms with van der Waals surface area (Å²) in [6.45, 7) is 0. The molecule has 0 bridgehead atoms. The minimum absolute atomic E-state index is 0.165. The Morgan fingerprint density at radius 1 is 1.18 bits per heavy atom. The fourth-order valence-electron chi connectivity index (χ4n) is 2.28. The van der Waals surface area contributed by atoms with Crippen molar-refractivity contribution in [1.29, 1.82) is 0 Å². The standard InChI is InChI=1S/C16H11F2NO3/c17-10-5-6-13(12(18)8-10)19-15(20)14-7-9-3-1-2-4-11(9)16(21)22-14/h1-6,8,14H,7H2,(H,19,20). The van der Waals surface area contributed by atoms with Crippen LogP contribution in [-0.2, 0) is 16.0 Å². The number of amides is 1. The van der Waals surface area contributed by atoms with Crippen LogP contribution in [0.15, 0.2) is 42.5 Å². The summed E-state index contributed by atoms with van der Waals surface area (Å²) in [6.07, 6.45) is -0.844. The van der Waals surface area contributed by atoms with E-state index in [1.807, 2.05) is 0 Å². The number of esters is 1. The molecule has 1 aliphatic heterocycles. The molecule has 1 atom stereocenters. The second-order valence-corrected chi connectivity index (χ2v) is 4.87. The Labute approximate surface area is 124 Å². The van der Waals surface area contributed by atoms with Crippen LogP contribution in [0.25, 0.3) is 0 Å². The first kappa shape index (κ1) is 14.2. The van der Waals surface area contributed by atoms with Crippen molar-refractivity contribution in [2.75, 3.05) is 5.32 Å². The molecule has 2 aromatic rings. The lowest BCUT2D eigenvalue weighted by Crippen LogP contribution is -2.38. The van der Waals surface area contributed by atoms with Crippen molar-refractivity contribution in [3.8, 4) is 0 Å². The van der Waals surface area contributed by atoms with Crippen LogP contribution in [-0.4, -0.2) is 18.0 Å². The van der Waals surface area contributed by atoms with Crippen LogP contribution in [0.4, 0.5) is 14.5 Å².